The van der Waals surface area contributed by atoms with E-state index in [1.807, 2.05) is 60.7 Å². The van der Waals surface area contributed by atoms with Crippen LogP contribution in [0.25, 0.3) is 99.5 Å². The Kier molecular flexibility index (Phi) is 9.92. The maximum Gasteiger partial charge on any atom is 0.416 e. The molecule has 4 nitrogen and oxygen atoms in total. The first-order valence-electron chi connectivity index (χ1n) is 22.4. The van der Waals surface area contributed by atoms with Gasteiger partial charge >= 0.3 is 6.18 Å². The highest BCUT2D eigenvalue weighted by Crippen LogP contribution is 2.45. The molecular formula is C61H41F3N4. The van der Waals surface area contributed by atoms with Crippen molar-refractivity contribution in [2.24, 2.45) is 0 Å². The number of benzene rings is 9. The summed E-state index contributed by atoms with van der Waals surface area (Å²) in [5.74, 6) is 0. The van der Waals surface area contributed by atoms with Crippen molar-refractivity contribution in [1.82, 2.24) is 9.13 Å². The number of hydrogen-bond acceptors (Lipinski definition) is 2. The predicted molar refractivity (Wildman–Crippen MR) is 270 cm³/mol. The minimum Gasteiger partial charge on any atom is -0.309 e. The summed E-state index contributed by atoms with van der Waals surface area (Å²) in [6, 6.07) is 62.0. The molecule has 0 radical (unpaired) electrons. The summed E-state index contributed by atoms with van der Waals surface area (Å²) in [5.41, 5.74) is 16.6. The van der Waals surface area contributed by atoms with E-state index in [9.17, 15) is 23.7 Å². The average molecular weight is 887 g/mol. The first-order valence-corrected chi connectivity index (χ1v) is 22.4. The van der Waals surface area contributed by atoms with Crippen molar-refractivity contribution in [2.45, 2.75) is 33.9 Å². The molecule has 0 aliphatic rings. The molecule has 0 saturated heterocycles. The number of rotatable bonds is 6. The summed E-state index contributed by atoms with van der Waals surface area (Å²) in [4.78, 5) is 0. The Labute approximate surface area is 391 Å². The van der Waals surface area contributed by atoms with Crippen molar-refractivity contribution in [3.05, 3.63) is 215 Å². The second kappa shape index (κ2) is 16.0. The molecule has 0 aliphatic carbocycles. The third kappa shape index (κ3) is 6.91. The maximum absolute atomic E-state index is 14.0. The van der Waals surface area contributed by atoms with Crippen LogP contribution in [0.2, 0.25) is 0 Å². The maximum atomic E-state index is 14.0. The Morgan fingerprint density at radius 1 is 0.397 bits per heavy atom. The van der Waals surface area contributed by atoms with E-state index in [0.29, 0.717) is 16.7 Å². The van der Waals surface area contributed by atoms with Gasteiger partial charge in [-0.05, 0) is 145 Å². The van der Waals surface area contributed by atoms with Crippen LogP contribution in [-0.2, 0) is 6.18 Å². The molecule has 0 aliphatic heterocycles. The molecule has 0 bridgehead atoms. The van der Waals surface area contributed by atoms with E-state index < -0.39 is 11.7 Å². The van der Waals surface area contributed by atoms with E-state index >= 15 is 0 Å². The number of nitrogens with zero attached hydrogens (tertiary/aromatic N) is 4. The Bertz CT molecular complexity index is 3980. The highest BCUT2D eigenvalue weighted by molar-refractivity contribution is 6.13. The van der Waals surface area contributed by atoms with E-state index in [-0.39, 0.29) is 5.56 Å². The van der Waals surface area contributed by atoms with Crippen LogP contribution in [0.15, 0.2) is 176 Å². The highest BCUT2D eigenvalue weighted by Gasteiger charge is 2.31. The lowest BCUT2D eigenvalue weighted by Crippen LogP contribution is -2.05. The molecule has 7 heteroatoms. The summed E-state index contributed by atoms with van der Waals surface area (Å²) in [6.07, 6.45) is -4.62. The zero-order valence-corrected chi connectivity index (χ0v) is 37.7. The van der Waals surface area contributed by atoms with Crippen LogP contribution in [0.3, 0.4) is 0 Å². The molecule has 2 heterocycles. The molecule has 326 valence electrons. The Hall–Kier alpha value is -8.65. The van der Waals surface area contributed by atoms with Gasteiger partial charge in [0.15, 0.2) is 0 Å². The first kappa shape index (κ1) is 42.0. The monoisotopic (exact) mass is 886 g/mol. The molecule has 2 aromatic heterocycles. The van der Waals surface area contributed by atoms with E-state index in [1.54, 1.807) is 0 Å². The Morgan fingerprint density at radius 3 is 1.44 bits per heavy atom. The number of alkyl halides is 3. The summed E-state index contributed by atoms with van der Waals surface area (Å²) < 4.78 is 46.5. The topological polar surface area (TPSA) is 57.4 Å². The van der Waals surface area contributed by atoms with Crippen molar-refractivity contribution in [3.63, 3.8) is 0 Å². The van der Waals surface area contributed by atoms with Crippen molar-refractivity contribution in [2.75, 3.05) is 0 Å². The summed E-state index contributed by atoms with van der Waals surface area (Å²) >= 11 is 0. The van der Waals surface area contributed by atoms with Gasteiger partial charge < -0.3 is 9.13 Å². The average Bonchev–Trinajstić information content (AvgIpc) is 3.85. The van der Waals surface area contributed by atoms with Gasteiger partial charge in [-0.1, -0.05) is 114 Å². The van der Waals surface area contributed by atoms with Gasteiger partial charge in [0.1, 0.15) is 0 Å². The summed E-state index contributed by atoms with van der Waals surface area (Å²) in [7, 11) is 0. The standard InChI is InChI=1S/C61H41F3N4/c1-36-13-20-46(38(3)27-36)41-17-25-58-53(31-41)49-9-5-7-11-55(49)67(58)57-24-15-40(34-65)29-52(57)51-22-16-43(48-23-19-45(61(62,63)64)30-44(48)35-66)33-60(51)68-56-12-8-6-10-50(56)54-32-42(18-26-59(54)68)47-21-14-37(2)28-39(47)4/h5-33H,1-4H3. The van der Waals surface area contributed by atoms with E-state index in [1.165, 1.54) is 28.3 Å². The quantitative estimate of drug-likeness (QED) is 0.167. The number of aryl methyl sites for hydroxylation is 4. The van der Waals surface area contributed by atoms with Gasteiger partial charge in [-0.2, -0.15) is 23.7 Å². The van der Waals surface area contributed by atoms with Gasteiger partial charge in [0.2, 0.25) is 0 Å². The van der Waals surface area contributed by atoms with Crippen LogP contribution < -0.4 is 0 Å². The van der Waals surface area contributed by atoms with Gasteiger partial charge in [0, 0.05) is 32.7 Å². The third-order valence-corrected chi connectivity index (χ3v) is 13.4. The molecule has 0 amide bonds. The molecule has 0 saturated carbocycles. The van der Waals surface area contributed by atoms with Gasteiger partial charge in [-0.3, -0.25) is 0 Å². The lowest BCUT2D eigenvalue weighted by atomic mass is 9.93. The molecule has 0 fully saturated rings. The fourth-order valence-corrected chi connectivity index (χ4v) is 10.3. The third-order valence-electron chi connectivity index (χ3n) is 13.4. The summed E-state index contributed by atoms with van der Waals surface area (Å²) in [5, 5.41) is 25.0. The Morgan fingerprint density at radius 2 is 0.897 bits per heavy atom. The largest absolute Gasteiger partial charge is 0.416 e. The minimum absolute atomic E-state index is 0.0866. The van der Waals surface area contributed by atoms with Crippen LogP contribution in [0.1, 0.15) is 38.9 Å². The second-order valence-electron chi connectivity index (χ2n) is 17.8. The molecule has 0 spiro atoms. The second-order valence-corrected chi connectivity index (χ2v) is 17.8. The number of halogens is 3. The van der Waals surface area contributed by atoms with Crippen LogP contribution in [0.4, 0.5) is 13.2 Å². The Balaban J connectivity index is 1.21. The molecule has 0 N–H and O–H groups in total. The lowest BCUT2D eigenvalue weighted by molar-refractivity contribution is -0.137. The van der Waals surface area contributed by atoms with Crippen LogP contribution in [0, 0.1) is 50.4 Å². The van der Waals surface area contributed by atoms with Gasteiger partial charge in [-0.25, -0.2) is 0 Å². The van der Waals surface area contributed by atoms with E-state index in [0.717, 1.165) is 100 Å². The zero-order chi connectivity index (χ0) is 47.0. The number of hydrogen-bond donors (Lipinski definition) is 0. The van der Waals surface area contributed by atoms with Gasteiger partial charge in [0.25, 0.3) is 0 Å². The molecule has 68 heavy (non-hydrogen) atoms. The fraction of sp³-hybridized carbons (Fsp3) is 0.0820. The van der Waals surface area contributed by atoms with Crippen molar-refractivity contribution >= 4 is 43.6 Å². The normalized spacial score (nSPS) is 11.7. The number of fused-ring (bicyclic) bond motifs is 6. The van der Waals surface area contributed by atoms with Crippen LogP contribution in [-0.4, -0.2) is 9.13 Å². The molecule has 11 aromatic rings. The fourth-order valence-electron chi connectivity index (χ4n) is 10.3. The number of nitriles is 2. The van der Waals surface area contributed by atoms with Gasteiger partial charge in [-0.15, -0.1) is 0 Å². The van der Waals surface area contributed by atoms with E-state index in [4.69, 9.17) is 0 Å². The first-order chi connectivity index (χ1) is 32.9. The van der Waals surface area contributed by atoms with Gasteiger partial charge in [0.05, 0.1) is 62.3 Å². The van der Waals surface area contributed by atoms with Crippen molar-refractivity contribution in [3.8, 4) is 68.0 Å². The molecule has 0 atom stereocenters. The predicted octanol–water partition coefficient (Wildman–Crippen LogP) is 16.5. The molecule has 11 rings (SSSR count). The SMILES string of the molecule is Cc1ccc(-c2ccc3c(c2)c2ccccc2n3-c2ccc(C#N)cc2-c2ccc(-c3ccc(C(F)(F)F)cc3C#N)cc2-n2c3ccccc3c3cc(-c4ccc(C)cc4C)ccc32)c(C)c1. The highest BCUT2D eigenvalue weighted by atomic mass is 19.4. The van der Waals surface area contributed by atoms with Crippen LogP contribution >= 0.6 is 0 Å². The van der Waals surface area contributed by atoms with Crippen molar-refractivity contribution < 1.29 is 13.2 Å². The zero-order valence-electron chi connectivity index (χ0n) is 37.7. The number of aromatic nitrogens is 2. The van der Waals surface area contributed by atoms with E-state index in [2.05, 4.69) is 146 Å². The minimum atomic E-state index is -4.62. The molecule has 0 unspecified atom stereocenters. The number of para-hydroxylation sites is 2. The summed E-state index contributed by atoms with van der Waals surface area (Å²) in [6.45, 7) is 8.45. The van der Waals surface area contributed by atoms with Crippen molar-refractivity contribution in [1.29, 1.82) is 10.5 Å². The smallest absolute Gasteiger partial charge is 0.309 e. The molecule has 9 aromatic carbocycles. The molecular weight excluding hydrogens is 846 g/mol. The lowest BCUT2D eigenvalue weighted by Gasteiger charge is -2.20. The van der Waals surface area contributed by atoms with Crippen LogP contribution in [0.5, 0.6) is 0 Å².